The zero-order valence-corrected chi connectivity index (χ0v) is 9.28. The van der Waals surface area contributed by atoms with Crippen molar-refractivity contribution in [3.05, 3.63) is 0 Å². The van der Waals surface area contributed by atoms with Crippen molar-refractivity contribution < 1.29 is 30.0 Å². The molecule has 0 saturated carbocycles. The third-order valence-electron chi connectivity index (χ3n) is 0. The average molecular weight is 216 g/mol. The minimum Gasteiger partial charge on any atom is -0.652 e. The van der Waals surface area contributed by atoms with E-state index in [0.29, 0.717) is 0 Å². The van der Waals surface area contributed by atoms with Gasteiger partial charge in [-0.2, -0.15) is 0 Å². The molecule has 0 aromatic carbocycles. The first-order chi connectivity index (χ1) is 3.46. The molecule has 11 heavy (non-hydrogen) atoms. The predicted octanol–water partition coefficient (Wildman–Crippen LogP) is -5.02. The van der Waals surface area contributed by atoms with Crippen molar-refractivity contribution in [2.24, 2.45) is 0 Å². The fraction of sp³-hybridized carbons (Fsp3) is 0.333. The number of hydrogen-bond acceptors (Lipinski definition) is 6. The molecule has 0 saturated heterocycles. The van der Waals surface area contributed by atoms with Gasteiger partial charge in [0.05, 0.1) is 0 Å². The molecule has 6 nitrogen and oxygen atoms in total. The van der Waals surface area contributed by atoms with Crippen LogP contribution in [0.2, 0.25) is 0 Å². The first kappa shape index (κ1) is 29.6. The Morgan fingerprint density at radius 1 is 0.727 bits per heavy atom. The number of hydrogen-bond donors (Lipinski definition) is 0. The van der Waals surface area contributed by atoms with Crippen molar-refractivity contribution in [1.29, 1.82) is 0 Å². The third kappa shape index (κ3) is 809. The van der Waals surface area contributed by atoms with Crippen molar-refractivity contribution in [2.45, 2.75) is 7.43 Å². The first-order valence-corrected chi connectivity index (χ1v) is 1.22. The standard InChI is InChI=1S/2CH2O3.CH4.2Ca/c2*2-1(3)4;;;/h2*(H2,2,3,4);1H4;;/q;;;2*+2/p-4. The SMILES string of the molecule is C.O=C([O-])[O-].O=C([O-])[O-].[Ca+2].[Ca+2]. The van der Waals surface area contributed by atoms with Gasteiger partial charge in [0, 0.05) is 0 Å². The van der Waals surface area contributed by atoms with Gasteiger partial charge in [-0.15, -0.1) is 0 Å². The summed E-state index contributed by atoms with van der Waals surface area (Å²) < 4.78 is 0. The zero-order valence-electron chi connectivity index (χ0n) is 4.86. The molecule has 0 heterocycles. The molecule has 0 aliphatic heterocycles. The predicted molar refractivity (Wildman–Crippen MR) is 29.0 cm³/mol. The summed E-state index contributed by atoms with van der Waals surface area (Å²) in [5.41, 5.74) is 0. The number of rotatable bonds is 0. The van der Waals surface area contributed by atoms with Crippen molar-refractivity contribution in [3.63, 3.8) is 0 Å². The van der Waals surface area contributed by atoms with E-state index in [0.717, 1.165) is 0 Å². The summed E-state index contributed by atoms with van der Waals surface area (Å²) in [5.74, 6) is 0. The molecule has 0 spiro atoms. The van der Waals surface area contributed by atoms with E-state index >= 15 is 0 Å². The third-order valence-corrected chi connectivity index (χ3v) is 0. The van der Waals surface area contributed by atoms with Crippen molar-refractivity contribution >= 4 is 87.8 Å². The van der Waals surface area contributed by atoms with E-state index < -0.39 is 12.3 Å². The van der Waals surface area contributed by atoms with Crippen LogP contribution in [0.4, 0.5) is 9.59 Å². The molecule has 0 fully saturated rings. The fourth-order valence-corrected chi connectivity index (χ4v) is 0. The van der Waals surface area contributed by atoms with Gasteiger partial charge in [0.2, 0.25) is 0 Å². The Hall–Kier alpha value is 1.06. The van der Waals surface area contributed by atoms with E-state index in [1.165, 1.54) is 0 Å². The minimum atomic E-state index is -2.33. The van der Waals surface area contributed by atoms with Gasteiger partial charge in [-0.05, 0) is 12.3 Å². The van der Waals surface area contributed by atoms with Crippen molar-refractivity contribution in [2.75, 3.05) is 0 Å². The topological polar surface area (TPSA) is 126 Å². The monoisotopic (exact) mass is 216 g/mol. The Bertz CT molecular complexity index is 73.8. The molecule has 0 aromatic heterocycles. The fourth-order valence-electron chi connectivity index (χ4n) is 0. The van der Waals surface area contributed by atoms with Crippen LogP contribution in [-0.4, -0.2) is 87.8 Å². The van der Waals surface area contributed by atoms with Gasteiger partial charge >= 0.3 is 75.5 Å². The van der Waals surface area contributed by atoms with E-state index in [9.17, 15) is 0 Å². The first-order valence-electron chi connectivity index (χ1n) is 1.22. The maximum atomic E-state index is 8.33. The van der Waals surface area contributed by atoms with Crippen LogP contribution in [0.25, 0.3) is 0 Å². The average Bonchev–Trinajstić information content (AvgIpc) is 1.25. The summed E-state index contributed by atoms with van der Waals surface area (Å²) in [6.07, 6.45) is -4.67. The van der Waals surface area contributed by atoms with Crippen LogP contribution in [0.1, 0.15) is 7.43 Å². The Kier molecular flexibility index (Phi) is 60.4. The zero-order chi connectivity index (χ0) is 7.15. The molecule has 0 aliphatic carbocycles. The molecule has 0 aliphatic rings. The second-order valence-corrected chi connectivity index (χ2v) is 0.500. The molecule has 0 bridgehead atoms. The summed E-state index contributed by atoms with van der Waals surface area (Å²) in [5, 5.41) is 33.3. The Morgan fingerprint density at radius 2 is 0.727 bits per heavy atom. The summed E-state index contributed by atoms with van der Waals surface area (Å²) in [6.45, 7) is 0. The molecule has 0 radical (unpaired) electrons. The van der Waals surface area contributed by atoms with Crippen LogP contribution < -0.4 is 20.4 Å². The number of carboxylic acid groups (broad SMARTS) is 4. The van der Waals surface area contributed by atoms with Gasteiger partial charge in [-0.25, -0.2) is 0 Å². The molecule has 0 aromatic rings. The van der Waals surface area contributed by atoms with Crippen LogP contribution >= 0.6 is 0 Å². The summed E-state index contributed by atoms with van der Waals surface area (Å²) in [4.78, 5) is 16.7. The maximum absolute atomic E-state index is 8.33. The molecule has 0 rings (SSSR count). The minimum absolute atomic E-state index is 0. The molecular formula is C3H4Ca2O6. The van der Waals surface area contributed by atoms with E-state index in [-0.39, 0.29) is 82.9 Å². The number of carbonyl (C=O) groups excluding carboxylic acids is 2. The van der Waals surface area contributed by atoms with E-state index in [2.05, 4.69) is 0 Å². The molecule has 0 atom stereocenters. The van der Waals surface area contributed by atoms with Crippen LogP contribution in [0.15, 0.2) is 0 Å². The Morgan fingerprint density at radius 3 is 0.727 bits per heavy atom. The van der Waals surface area contributed by atoms with Crippen molar-refractivity contribution in [1.82, 2.24) is 0 Å². The van der Waals surface area contributed by atoms with Gasteiger partial charge in [-0.1, -0.05) is 7.43 Å². The second kappa shape index (κ2) is 22.5. The Labute approximate surface area is 123 Å². The summed E-state index contributed by atoms with van der Waals surface area (Å²) in [7, 11) is 0. The largest absolute Gasteiger partial charge is 2.00 e. The molecule has 0 amide bonds. The molecule has 0 N–H and O–H groups in total. The smallest absolute Gasteiger partial charge is 0.652 e. The van der Waals surface area contributed by atoms with E-state index in [1.54, 1.807) is 0 Å². The molecule has 8 heteroatoms. The molecular weight excluding hydrogens is 212 g/mol. The van der Waals surface area contributed by atoms with E-state index in [1.807, 2.05) is 0 Å². The quantitative estimate of drug-likeness (QED) is 0.373. The van der Waals surface area contributed by atoms with Crippen LogP contribution in [0.5, 0.6) is 0 Å². The van der Waals surface area contributed by atoms with Gasteiger partial charge in [-0.3, -0.25) is 0 Å². The molecule has 56 valence electrons. The maximum Gasteiger partial charge on any atom is 2.00 e. The van der Waals surface area contributed by atoms with Gasteiger partial charge in [0.15, 0.2) is 0 Å². The van der Waals surface area contributed by atoms with Crippen LogP contribution in [-0.2, 0) is 0 Å². The Balaban J connectivity index is -0.0000000171. The normalized spacial score (nSPS) is 4.36. The second-order valence-electron chi connectivity index (χ2n) is 0.500. The number of carbonyl (C=O) groups is 2. The van der Waals surface area contributed by atoms with Gasteiger partial charge in [0.25, 0.3) is 0 Å². The summed E-state index contributed by atoms with van der Waals surface area (Å²) >= 11 is 0. The van der Waals surface area contributed by atoms with Crippen molar-refractivity contribution in [3.8, 4) is 0 Å². The summed E-state index contributed by atoms with van der Waals surface area (Å²) in [6, 6.07) is 0. The van der Waals surface area contributed by atoms with Gasteiger partial charge < -0.3 is 30.0 Å². The van der Waals surface area contributed by atoms with Crippen LogP contribution in [0, 0.1) is 0 Å². The molecule has 0 unspecified atom stereocenters. The van der Waals surface area contributed by atoms with E-state index in [4.69, 9.17) is 30.0 Å². The van der Waals surface area contributed by atoms with Gasteiger partial charge in [0.1, 0.15) is 0 Å². The van der Waals surface area contributed by atoms with Crippen LogP contribution in [0.3, 0.4) is 0 Å².